The molecular formula is C14H22N4OS. The summed E-state index contributed by atoms with van der Waals surface area (Å²) in [5.74, 6) is 0.892. The van der Waals surface area contributed by atoms with Crippen LogP contribution in [0.2, 0.25) is 0 Å². The van der Waals surface area contributed by atoms with Gasteiger partial charge in [0.25, 0.3) is 0 Å². The van der Waals surface area contributed by atoms with Gasteiger partial charge in [-0.15, -0.1) is 0 Å². The minimum absolute atomic E-state index is 0.209. The van der Waals surface area contributed by atoms with E-state index in [0.29, 0.717) is 4.99 Å². The van der Waals surface area contributed by atoms with E-state index in [4.69, 9.17) is 23.1 Å². The zero-order valence-corrected chi connectivity index (χ0v) is 12.7. The van der Waals surface area contributed by atoms with Gasteiger partial charge >= 0.3 is 0 Å². The average molecular weight is 294 g/mol. The van der Waals surface area contributed by atoms with E-state index in [9.17, 15) is 0 Å². The van der Waals surface area contributed by atoms with Crippen molar-refractivity contribution in [2.24, 2.45) is 5.73 Å². The highest BCUT2D eigenvalue weighted by molar-refractivity contribution is 7.80. The Hall–Kier alpha value is -1.24. The fourth-order valence-corrected chi connectivity index (χ4v) is 2.89. The fourth-order valence-electron chi connectivity index (χ4n) is 2.64. The quantitative estimate of drug-likeness (QED) is 0.790. The molecule has 0 aliphatic carbocycles. The van der Waals surface area contributed by atoms with Crippen molar-refractivity contribution in [1.29, 1.82) is 0 Å². The molecule has 6 heteroatoms. The predicted octanol–water partition coefficient (Wildman–Crippen LogP) is 0.529. The fraction of sp³-hybridized carbons (Fsp3) is 0.571. The number of aryl methyl sites for hydroxylation is 1. The van der Waals surface area contributed by atoms with Crippen molar-refractivity contribution in [3.8, 4) is 0 Å². The van der Waals surface area contributed by atoms with Crippen molar-refractivity contribution >= 4 is 23.0 Å². The van der Waals surface area contributed by atoms with Gasteiger partial charge in [-0.05, 0) is 31.5 Å². The number of anilines is 1. The van der Waals surface area contributed by atoms with Crippen LogP contribution in [0.25, 0.3) is 0 Å². The molecule has 1 fully saturated rings. The third kappa shape index (κ3) is 3.45. The highest BCUT2D eigenvalue weighted by Gasteiger charge is 2.20. The summed E-state index contributed by atoms with van der Waals surface area (Å²) in [7, 11) is 0. The van der Waals surface area contributed by atoms with Crippen LogP contribution >= 0.6 is 12.2 Å². The Morgan fingerprint density at radius 3 is 2.90 bits per heavy atom. The third-order valence-electron chi connectivity index (χ3n) is 3.69. The lowest BCUT2D eigenvalue weighted by molar-refractivity contribution is 0.204. The summed E-state index contributed by atoms with van der Waals surface area (Å²) in [5, 5.41) is 9.05. The molecule has 110 valence electrons. The Morgan fingerprint density at radius 2 is 2.20 bits per heavy atom. The molecule has 0 unspecified atom stereocenters. The molecule has 1 aliphatic rings. The number of rotatable bonds is 4. The molecule has 0 atom stereocenters. The molecule has 0 spiro atoms. The highest BCUT2D eigenvalue weighted by Crippen LogP contribution is 2.22. The number of nitrogens with zero attached hydrogens (tertiary/aromatic N) is 3. The molecule has 2 rings (SSSR count). The molecule has 1 aromatic rings. The van der Waals surface area contributed by atoms with Crippen LogP contribution in [0, 0.1) is 6.92 Å². The second kappa shape index (κ2) is 6.97. The molecule has 3 N–H and O–H groups in total. The van der Waals surface area contributed by atoms with Crippen LogP contribution in [0.4, 0.5) is 5.82 Å². The Balaban J connectivity index is 2.20. The number of nitrogens with two attached hydrogens (primary N) is 1. The normalized spacial score (nSPS) is 17.0. The first-order chi connectivity index (χ1) is 9.63. The van der Waals surface area contributed by atoms with Crippen molar-refractivity contribution in [2.75, 3.05) is 44.2 Å². The maximum atomic E-state index is 9.05. The van der Waals surface area contributed by atoms with Crippen LogP contribution in [0.3, 0.4) is 0 Å². The summed E-state index contributed by atoms with van der Waals surface area (Å²) in [5.41, 5.74) is 7.81. The minimum Gasteiger partial charge on any atom is -0.395 e. The molecule has 1 aliphatic heterocycles. The van der Waals surface area contributed by atoms with Gasteiger partial charge in [-0.2, -0.15) is 0 Å². The average Bonchev–Trinajstić information content (AvgIpc) is 2.64. The first-order valence-electron chi connectivity index (χ1n) is 6.97. The van der Waals surface area contributed by atoms with E-state index in [-0.39, 0.29) is 6.61 Å². The summed E-state index contributed by atoms with van der Waals surface area (Å²) < 4.78 is 0. The lowest BCUT2D eigenvalue weighted by atomic mass is 10.1. The van der Waals surface area contributed by atoms with Crippen LogP contribution in [-0.4, -0.2) is 59.3 Å². The molecule has 20 heavy (non-hydrogen) atoms. The second-order valence-electron chi connectivity index (χ2n) is 5.10. The van der Waals surface area contributed by atoms with Gasteiger partial charge in [0.05, 0.1) is 12.2 Å². The molecular weight excluding hydrogens is 272 g/mol. The molecule has 5 nitrogen and oxygen atoms in total. The largest absolute Gasteiger partial charge is 0.395 e. The van der Waals surface area contributed by atoms with E-state index in [0.717, 1.165) is 56.1 Å². The number of thiocarbonyl (C=S) groups is 1. The van der Waals surface area contributed by atoms with Crippen LogP contribution < -0.4 is 10.6 Å². The lowest BCUT2D eigenvalue weighted by Crippen LogP contribution is -2.33. The van der Waals surface area contributed by atoms with E-state index in [1.54, 1.807) is 0 Å². The zero-order valence-electron chi connectivity index (χ0n) is 11.9. The summed E-state index contributed by atoms with van der Waals surface area (Å²) >= 11 is 5.17. The Kier molecular flexibility index (Phi) is 5.28. The highest BCUT2D eigenvalue weighted by atomic mass is 32.1. The maximum absolute atomic E-state index is 9.05. The number of β-amino-alcohol motifs (C(OH)–C–C–N with tert-alkyl or cyclic N) is 1. The van der Waals surface area contributed by atoms with Gasteiger partial charge in [-0.1, -0.05) is 12.2 Å². The summed E-state index contributed by atoms with van der Waals surface area (Å²) in [6.45, 7) is 6.70. The topological polar surface area (TPSA) is 65.6 Å². The zero-order chi connectivity index (χ0) is 14.5. The first kappa shape index (κ1) is 15.2. The van der Waals surface area contributed by atoms with Crippen LogP contribution in [0.5, 0.6) is 0 Å². The van der Waals surface area contributed by atoms with Gasteiger partial charge in [0.1, 0.15) is 10.8 Å². The summed E-state index contributed by atoms with van der Waals surface area (Å²) in [4.78, 5) is 9.42. The SMILES string of the molecule is Cc1ccnc(N2CCCN(CCO)CC2)c1C(N)=S. The van der Waals surface area contributed by atoms with Gasteiger partial charge in [0, 0.05) is 32.4 Å². The number of pyridine rings is 1. The van der Waals surface area contributed by atoms with Gasteiger partial charge in [0.15, 0.2) is 0 Å². The standard InChI is InChI=1S/C14H22N4OS/c1-11-3-4-16-14(12(11)13(15)20)18-6-2-5-17(7-8-18)9-10-19/h3-4,19H,2,5-10H2,1H3,(H2,15,20). The molecule has 0 bridgehead atoms. The van der Waals surface area contributed by atoms with Gasteiger partial charge in [-0.3, -0.25) is 4.90 Å². The number of hydrogen-bond donors (Lipinski definition) is 2. The second-order valence-corrected chi connectivity index (χ2v) is 5.54. The predicted molar refractivity (Wildman–Crippen MR) is 85.2 cm³/mol. The number of aliphatic hydroxyl groups is 1. The molecule has 0 radical (unpaired) electrons. The summed E-state index contributed by atoms with van der Waals surface area (Å²) in [6.07, 6.45) is 2.86. The third-order valence-corrected chi connectivity index (χ3v) is 3.89. The van der Waals surface area contributed by atoms with Crippen molar-refractivity contribution in [1.82, 2.24) is 9.88 Å². The van der Waals surface area contributed by atoms with E-state index in [1.165, 1.54) is 0 Å². The first-order valence-corrected chi connectivity index (χ1v) is 7.38. The number of aromatic nitrogens is 1. The van der Waals surface area contributed by atoms with Gasteiger partial charge < -0.3 is 15.7 Å². The number of aliphatic hydroxyl groups excluding tert-OH is 1. The van der Waals surface area contributed by atoms with E-state index >= 15 is 0 Å². The Bertz CT molecular complexity index is 480. The van der Waals surface area contributed by atoms with Crippen LogP contribution in [0.1, 0.15) is 17.5 Å². The van der Waals surface area contributed by atoms with E-state index in [1.807, 2.05) is 19.2 Å². The molecule has 0 aromatic carbocycles. The van der Waals surface area contributed by atoms with Crippen LogP contribution in [0.15, 0.2) is 12.3 Å². The molecule has 2 heterocycles. The molecule has 1 saturated heterocycles. The van der Waals surface area contributed by atoms with Gasteiger partial charge in [0.2, 0.25) is 0 Å². The maximum Gasteiger partial charge on any atom is 0.139 e. The lowest BCUT2D eigenvalue weighted by Gasteiger charge is -2.25. The van der Waals surface area contributed by atoms with Gasteiger partial charge in [-0.25, -0.2) is 4.98 Å². The van der Waals surface area contributed by atoms with Crippen molar-refractivity contribution in [2.45, 2.75) is 13.3 Å². The van der Waals surface area contributed by atoms with Crippen molar-refractivity contribution in [3.63, 3.8) is 0 Å². The smallest absolute Gasteiger partial charge is 0.139 e. The van der Waals surface area contributed by atoms with E-state index < -0.39 is 0 Å². The van der Waals surface area contributed by atoms with E-state index in [2.05, 4.69) is 14.8 Å². The number of hydrogen-bond acceptors (Lipinski definition) is 5. The Labute approximate surface area is 125 Å². The van der Waals surface area contributed by atoms with Crippen molar-refractivity contribution in [3.05, 3.63) is 23.4 Å². The molecule has 0 saturated carbocycles. The minimum atomic E-state index is 0.209. The molecule has 1 aromatic heterocycles. The summed E-state index contributed by atoms with van der Waals surface area (Å²) in [6, 6.07) is 1.94. The molecule has 0 amide bonds. The monoisotopic (exact) mass is 294 g/mol. The van der Waals surface area contributed by atoms with Crippen molar-refractivity contribution < 1.29 is 5.11 Å². The Morgan fingerprint density at radius 1 is 1.40 bits per heavy atom. The van der Waals surface area contributed by atoms with Crippen LogP contribution in [-0.2, 0) is 0 Å².